The molecule has 1 atom stereocenters. The van der Waals surface area contributed by atoms with E-state index in [0.717, 1.165) is 25.9 Å². The first-order chi connectivity index (χ1) is 12.4. The third-order valence-electron chi connectivity index (χ3n) is 4.62. The molecule has 1 aromatic carbocycles. The van der Waals surface area contributed by atoms with Gasteiger partial charge in [-0.2, -0.15) is 0 Å². The van der Waals surface area contributed by atoms with Crippen molar-refractivity contribution in [2.45, 2.75) is 54.9 Å². The number of fused-ring (bicyclic) bond motifs is 1. The summed E-state index contributed by atoms with van der Waals surface area (Å²) in [5, 5.41) is 0.0988. The van der Waals surface area contributed by atoms with E-state index in [4.69, 9.17) is 4.42 Å². The number of hydrogen-bond donors (Lipinski definition) is 0. The second kappa shape index (κ2) is 8.00. The minimum Gasteiger partial charge on any atom is -0.431 e. The molecule has 8 heteroatoms. The zero-order valence-electron chi connectivity index (χ0n) is 15.1. The summed E-state index contributed by atoms with van der Waals surface area (Å²) in [6, 6.07) is 4.69. The molecule has 1 aromatic heterocycles. The standard InChI is InChI=1S/C18H24N2O4S2/c1-3-26(22,23)14-8-9-16-15(12-14)19-18(24-16)25-13(2)17(21)20-10-6-4-5-7-11-20/h8-9,12-13H,3-7,10-11H2,1-2H3/t13-/m1/s1. The number of rotatable bonds is 5. The molecule has 142 valence electrons. The zero-order chi connectivity index (χ0) is 18.7. The van der Waals surface area contributed by atoms with Crippen molar-refractivity contribution >= 4 is 38.6 Å². The first-order valence-corrected chi connectivity index (χ1v) is 11.5. The van der Waals surface area contributed by atoms with E-state index in [2.05, 4.69) is 4.98 Å². The van der Waals surface area contributed by atoms with Crippen molar-refractivity contribution in [3.63, 3.8) is 0 Å². The molecule has 1 aliphatic heterocycles. The average Bonchev–Trinajstić information content (AvgIpc) is 2.83. The maximum Gasteiger partial charge on any atom is 0.257 e. The molecule has 2 heterocycles. The summed E-state index contributed by atoms with van der Waals surface area (Å²) in [5.41, 5.74) is 1.02. The highest BCUT2D eigenvalue weighted by Crippen LogP contribution is 2.29. The summed E-state index contributed by atoms with van der Waals surface area (Å²) in [4.78, 5) is 19.2. The lowest BCUT2D eigenvalue weighted by Crippen LogP contribution is -2.37. The fourth-order valence-electron chi connectivity index (χ4n) is 3.05. The summed E-state index contributed by atoms with van der Waals surface area (Å²) in [6.45, 7) is 5.10. The smallest absolute Gasteiger partial charge is 0.257 e. The van der Waals surface area contributed by atoms with Crippen molar-refractivity contribution in [2.75, 3.05) is 18.8 Å². The van der Waals surface area contributed by atoms with Crippen molar-refractivity contribution in [1.82, 2.24) is 9.88 Å². The van der Waals surface area contributed by atoms with Gasteiger partial charge in [-0.1, -0.05) is 31.5 Å². The normalized spacial score (nSPS) is 17.2. The van der Waals surface area contributed by atoms with Crippen molar-refractivity contribution in [2.24, 2.45) is 0 Å². The number of amides is 1. The molecular formula is C18H24N2O4S2. The van der Waals surface area contributed by atoms with Crippen molar-refractivity contribution in [1.29, 1.82) is 0 Å². The number of oxazole rings is 1. The Morgan fingerprint density at radius 3 is 2.62 bits per heavy atom. The van der Waals surface area contributed by atoms with Crippen molar-refractivity contribution in [3.05, 3.63) is 18.2 Å². The molecule has 0 N–H and O–H groups in total. The van der Waals surface area contributed by atoms with Crippen LogP contribution in [0.25, 0.3) is 11.1 Å². The van der Waals surface area contributed by atoms with Gasteiger partial charge >= 0.3 is 0 Å². The Morgan fingerprint density at radius 1 is 1.27 bits per heavy atom. The molecule has 1 amide bonds. The summed E-state index contributed by atoms with van der Waals surface area (Å²) < 4.78 is 29.7. The SMILES string of the molecule is CCS(=O)(=O)c1ccc2oc(S[C@H](C)C(=O)N3CCCCCC3)nc2c1. The maximum atomic E-state index is 12.7. The van der Waals surface area contributed by atoms with Crippen LogP contribution in [0, 0.1) is 0 Å². The maximum absolute atomic E-state index is 12.7. The van der Waals surface area contributed by atoms with Gasteiger partial charge in [-0.3, -0.25) is 4.79 Å². The van der Waals surface area contributed by atoms with E-state index in [1.807, 2.05) is 11.8 Å². The minimum atomic E-state index is -3.28. The van der Waals surface area contributed by atoms with Gasteiger partial charge in [0.2, 0.25) is 5.91 Å². The number of hydrogen-bond acceptors (Lipinski definition) is 6. The van der Waals surface area contributed by atoms with Crippen molar-refractivity contribution in [3.8, 4) is 0 Å². The first kappa shape index (κ1) is 19.2. The molecule has 26 heavy (non-hydrogen) atoms. The third kappa shape index (κ3) is 4.23. The van der Waals surface area contributed by atoms with Crippen LogP contribution in [0.4, 0.5) is 0 Å². The van der Waals surface area contributed by atoms with Crippen LogP contribution in [0.3, 0.4) is 0 Å². The Morgan fingerprint density at radius 2 is 1.96 bits per heavy atom. The van der Waals surface area contributed by atoms with Gasteiger partial charge in [0.1, 0.15) is 5.52 Å². The Balaban J connectivity index is 1.75. The molecule has 1 saturated heterocycles. The van der Waals surface area contributed by atoms with Gasteiger partial charge in [0.25, 0.3) is 5.22 Å². The van der Waals surface area contributed by atoms with E-state index in [9.17, 15) is 13.2 Å². The second-order valence-corrected chi connectivity index (χ2v) is 10.1. The van der Waals surface area contributed by atoms with Crippen LogP contribution in [0.5, 0.6) is 0 Å². The van der Waals surface area contributed by atoms with Crippen LogP contribution < -0.4 is 0 Å². The molecule has 0 bridgehead atoms. The number of aromatic nitrogens is 1. The summed E-state index contributed by atoms with van der Waals surface area (Å²) in [6.07, 6.45) is 4.47. The molecule has 0 aliphatic carbocycles. The molecular weight excluding hydrogens is 372 g/mol. The molecule has 0 unspecified atom stereocenters. The summed E-state index contributed by atoms with van der Waals surface area (Å²) in [5.74, 6) is 0.146. The van der Waals surface area contributed by atoms with Crippen LogP contribution in [-0.4, -0.2) is 48.3 Å². The van der Waals surface area contributed by atoms with Gasteiger partial charge in [0, 0.05) is 13.1 Å². The van der Waals surface area contributed by atoms with E-state index in [1.165, 1.54) is 36.7 Å². The Bertz CT molecular complexity index is 884. The number of likely N-dealkylation sites (tertiary alicyclic amines) is 1. The summed E-state index contributed by atoms with van der Waals surface area (Å²) >= 11 is 1.28. The quantitative estimate of drug-likeness (QED) is 0.720. The molecule has 6 nitrogen and oxygen atoms in total. The monoisotopic (exact) mass is 396 g/mol. The molecule has 1 fully saturated rings. The molecule has 1 aliphatic rings. The predicted octanol–water partition coefficient (Wildman–Crippen LogP) is 3.50. The first-order valence-electron chi connectivity index (χ1n) is 8.99. The van der Waals surface area contributed by atoms with E-state index >= 15 is 0 Å². The highest BCUT2D eigenvalue weighted by molar-refractivity contribution is 8.00. The van der Waals surface area contributed by atoms with Crippen LogP contribution in [0.2, 0.25) is 0 Å². The number of nitrogens with zero attached hydrogens (tertiary/aromatic N) is 2. The zero-order valence-corrected chi connectivity index (χ0v) is 16.7. The number of benzene rings is 1. The fraction of sp³-hybridized carbons (Fsp3) is 0.556. The number of thioether (sulfide) groups is 1. The van der Waals surface area contributed by atoms with Gasteiger partial charge in [-0.15, -0.1) is 0 Å². The van der Waals surface area contributed by atoms with Gasteiger partial charge in [0.05, 0.1) is 15.9 Å². The highest BCUT2D eigenvalue weighted by Gasteiger charge is 2.24. The summed E-state index contributed by atoms with van der Waals surface area (Å²) in [7, 11) is -3.28. The lowest BCUT2D eigenvalue weighted by molar-refractivity contribution is -0.130. The molecule has 0 spiro atoms. The predicted molar refractivity (Wildman–Crippen MR) is 102 cm³/mol. The van der Waals surface area contributed by atoms with Gasteiger partial charge in [-0.25, -0.2) is 13.4 Å². The van der Waals surface area contributed by atoms with Gasteiger partial charge in [-0.05, 0) is 38.0 Å². The molecule has 2 aromatic rings. The Hall–Kier alpha value is -1.54. The Labute approximate surface area is 158 Å². The van der Waals surface area contributed by atoms with Crippen LogP contribution in [0.1, 0.15) is 39.5 Å². The Kier molecular flexibility index (Phi) is 5.92. The highest BCUT2D eigenvalue weighted by atomic mass is 32.2. The lowest BCUT2D eigenvalue weighted by Gasteiger charge is -2.23. The van der Waals surface area contributed by atoms with Crippen LogP contribution >= 0.6 is 11.8 Å². The van der Waals surface area contributed by atoms with Crippen molar-refractivity contribution < 1.29 is 17.6 Å². The van der Waals surface area contributed by atoms with E-state index in [-0.39, 0.29) is 21.8 Å². The number of sulfone groups is 1. The fourth-order valence-corrected chi connectivity index (χ4v) is 4.79. The van der Waals surface area contributed by atoms with E-state index in [0.29, 0.717) is 16.3 Å². The number of carbonyl (C=O) groups excluding carboxylic acids is 1. The van der Waals surface area contributed by atoms with Gasteiger partial charge < -0.3 is 9.32 Å². The third-order valence-corrected chi connectivity index (χ3v) is 7.29. The molecule has 0 saturated carbocycles. The molecule has 0 radical (unpaired) electrons. The van der Waals surface area contributed by atoms with Crippen LogP contribution in [-0.2, 0) is 14.6 Å². The van der Waals surface area contributed by atoms with Crippen LogP contribution in [0.15, 0.2) is 32.7 Å². The van der Waals surface area contributed by atoms with E-state index < -0.39 is 9.84 Å². The largest absolute Gasteiger partial charge is 0.431 e. The minimum absolute atomic E-state index is 0.0410. The topological polar surface area (TPSA) is 80.5 Å². The van der Waals surface area contributed by atoms with Gasteiger partial charge in [0.15, 0.2) is 15.4 Å². The molecule has 3 rings (SSSR count). The average molecular weight is 397 g/mol. The second-order valence-electron chi connectivity index (χ2n) is 6.51. The number of carbonyl (C=O) groups is 1. The van der Waals surface area contributed by atoms with E-state index in [1.54, 1.807) is 13.0 Å². The lowest BCUT2D eigenvalue weighted by atomic mass is 10.2.